The topological polar surface area (TPSA) is 77.2 Å². The standard InChI is InChI=1S/C22H17FIN3O3/c1-29-19-6-5-14(9-18(19)24)21-20(27-12-30-21)22(28)26-8-7-13-3-2-4-15-16(13)10-25-11-17(15)23/h2-6,9-12H,7-8H2,1H3,(H,26,28). The van der Waals surface area contributed by atoms with E-state index in [0.717, 1.165) is 25.8 Å². The van der Waals surface area contributed by atoms with Crippen molar-refractivity contribution in [1.82, 2.24) is 15.3 Å². The molecule has 6 nitrogen and oxygen atoms in total. The third-order valence-corrected chi connectivity index (χ3v) is 5.56. The van der Waals surface area contributed by atoms with Crippen molar-refractivity contribution < 1.29 is 18.3 Å². The number of benzene rings is 2. The lowest BCUT2D eigenvalue weighted by Gasteiger charge is -2.09. The number of aromatic nitrogens is 2. The number of hydrogen-bond acceptors (Lipinski definition) is 5. The van der Waals surface area contributed by atoms with Gasteiger partial charge in [0.1, 0.15) is 11.6 Å². The first-order valence-electron chi connectivity index (χ1n) is 9.15. The van der Waals surface area contributed by atoms with Crippen molar-refractivity contribution in [2.75, 3.05) is 13.7 Å². The Labute approximate surface area is 185 Å². The highest BCUT2D eigenvalue weighted by Crippen LogP contribution is 2.29. The maximum absolute atomic E-state index is 13.9. The van der Waals surface area contributed by atoms with Crippen LogP contribution in [0.2, 0.25) is 0 Å². The van der Waals surface area contributed by atoms with Crippen molar-refractivity contribution in [3.05, 3.63) is 75.8 Å². The number of oxazole rings is 1. The van der Waals surface area contributed by atoms with Crippen LogP contribution >= 0.6 is 22.6 Å². The minimum absolute atomic E-state index is 0.210. The molecule has 0 aliphatic heterocycles. The third-order valence-electron chi connectivity index (χ3n) is 4.72. The Balaban J connectivity index is 1.48. The highest BCUT2D eigenvalue weighted by molar-refractivity contribution is 14.1. The second kappa shape index (κ2) is 8.78. The van der Waals surface area contributed by atoms with Crippen LogP contribution in [-0.2, 0) is 6.42 Å². The van der Waals surface area contributed by atoms with E-state index < -0.39 is 0 Å². The van der Waals surface area contributed by atoms with Gasteiger partial charge in [0.25, 0.3) is 5.91 Å². The fraction of sp³-hybridized carbons (Fsp3) is 0.136. The second-order valence-corrected chi connectivity index (χ2v) is 7.68. The summed E-state index contributed by atoms with van der Waals surface area (Å²) in [6.45, 7) is 0.362. The molecule has 0 saturated heterocycles. The minimum Gasteiger partial charge on any atom is -0.496 e. The number of methoxy groups -OCH3 is 1. The number of carbonyl (C=O) groups excluding carboxylic acids is 1. The number of pyridine rings is 1. The molecule has 2 aromatic heterocycles. The molecule has 1 amide bonds. The first kappa shape index (κ1) is 20.3. The minimum atomic E-state index is -0.361. The van der Waals surface area contributed by atoms with Crippen LogP contribution < -0.4 is 10.1 Å². The van der Waals surface area contributed by atoms with Gasteiger partial charge in [-0.15, -0.1) is 0 Å². The van der Waals surface area contributed by atoms with E-state index in [0.29, 0.717) is 24.1 Å². The van der Waals surface area contributed by atoms with E-state index in [-0.39, 0.29) is 17.4 Å². The lowest BCUT2D eigenvalue weighted by atomic mass is 10.0. The molecule has 1 N–H and O–H groups in total. The molecule has 152 valence electrons. The summed E-state index contributed by atoms with van der Waals surface area (Å²) in [6.07, 6.45) is 4.61. The number of hydrogen-bond donors (Lipinski definition) is 1. The summed E-state index contributed by atoms with van der Waals surface area (Å²) < 4.78 is 25.6. The third kappa shape index (κ3) is 4.00. The van der Waals surface area contributed by atoms with E-state index in [1.807, 2.05) is 24.3 Å². The van der Waals surface area contributed by atoms with E-state index in [1.165, 1.54) is 12.6 Å². The number of carbonyl (C=O) groups is 1. The summed E-state index contributed by atoms with van der Waals surface area (Å²) in [6, 6.07) is 10.9. The van der Waals surface area contributed by atoms with Gasteiger partial charge in [-0.25, -0.2) is 9.37 Å². The lowest BCUT2D eigenvalue weighted by molar-refractivity contribution is 0.0950. The Morgan fingerprint density at radius 3 is 2.90 bits per heavy atom. The molecular formula is C22H17FIN3O3. The Hall–Kier alpha value is -3.01. The number of ether oxygens (including phenoxy) is 1. The highest BCUT2D eigenvalue weighted by atomic mass is 127. The molecule has 0 spiro atoms. The van der Waals surface area contributed by atoms with Crippen LogP contribution in [0.15, 0.2) is 59.6 Å². The van der Waals surface area contributed by atoms with Crippen LogP contribution in [-0.4, -0.2) is 29.5 Å². The van der Waals surface area contributed by atoms with Crippen LogP contribution in [0.1, 0.15) is 16.1 Å². The lowest BCUT2D eigenvalue weighted by Crippen LogP contribution is -2.26. The molecule has 2 heterocycles. The fourth-order valence-electron chi connectivity index (χ4n) is 3.25. The average molecular weight is 517 g/mol. The van der Waals surface area contributed by atoms with Crippen LogP contribution in [0.5, 0.6) is 5.75 Å². The number of amides is 1. The van der Waals surface area contributed by atoms with Crippen molar-refractivity contribution in [3.63, 3.8) is 0 Å². The van der Waals surface area contributed by atoms with Gasteiger partial charge in [-0.3, -0.25) is 9.78 Å². The maximum Gasteiger partial charge on any atom is 0.273 e. The smallest absolute Gasteiger partial charge is 0.273 e. The van der Waals surface area contributed by atoms with Crippen LogP contribution in [0.3, 0.4) is 0 Å². The zero-order valence-corrected chi connectivity index (χ0v) is 18.1. The van der Waals surface area contributed by atoms with Crippen LogP contribution in [0.25, 0.3) is 22.1 Å². The normalized spacial score (nSPS) is 10.9. The van der Waals surface area contributed by atoms with Crippen LogP contribution in [0, 0.1) is 9.39 Å². The molecule has 2 aromatic carbocycles. The molecule has 30 heavy (non-hydrogen) atoms. The van der Waals surface area contributed by atoms with Crippen molar-refractivity contribution in [3.8, 4) is 17.1 Å². The summed E-state index contributed by atoms with van der Waals surface area (Å²) in [5, 5.41) is 4.11. The Morgan fingerprint density at radius 2 is 2.10 bits per heavy atom. The number of nitrogens with zero attached hydrogens (tertiary/aromatic N) is 2. The molecule has 0 radical (unpaired) electrons. The molecule has 8 heteroatoms. The first-order valence-corrected chi connectivity index (χ1v) is 10.2. The molecule has 0 fully saturated rings. The maximum atomic E-state index is 13.9. The molecule has 0 unspecified atom stereocenters. The summed E-state index contributed by atoms with van der Waals surface area (Å²) in [5.74, 6) is 0.434. The summed E-state index contributed by atoms with van der Waals surface area (Å²) in [4.78, 5) is 20.7. The van der Waals surface area contributed by atoms with Gasteiger partial charge in [-0.2, -0.15) is 0 Å². The van der Waals surface area contributed by atoms with E-state index in [4.69, 9.17) is 9.15 Å². The largest absolute Gasteiger partial charge is 0.496 e. The van der Waals surface area contributed by atoms with Crippen molar-refractivity contribution in [1.29, 1.82) is 0 Å². The average Bonchev–Trinajstić information content (AvgIpc) is 3.24. The molecule has 4 rings (SSSR count). The monoisotopic (exact) mass is 517 g/mol. The Kier molecular flexibility index (Phi) is 5.93. The highest BCUT2D eigenvalue weighted by Gasteiger charge is 2.19. The Bertz CT molecular complexity index is 1230. The van der Waals surface area contributed by atoms with Crippen LogP contribution in [0.4, 0.5) is 4.39 Å². The van der Waals surface area contributed by atoms with Crippen molar-refractivity contribution >= 4 is 39.3 Å². The molecule has 0 aliphatic rings. The molecule has 0 saturated carbocycles. The zero-order valence-electron chi connectivity index (χ0n) is 16.0. The molecule has 4 aromatic rings. The summed E-state index contributed by atoms with van der Waals surface area (Å²) >= 11 is 2.16. The van der Waals surface area contributed by atoms with E-state index in [2.05, 4.69) is 37.9 Å². The van der Waals surface area contributed by atoms with Gasteiger partial charge in [0.2, 0.25) is 0 Å². The van der Waals surface area contributed by atoms with Gasteiger partial charge in [-0.1, -0.05) is 18.2 Å². The molecule has 0 aliphatic carbocycles. The van der Waals surface area contributed by atoms with E-state index >= 15 is 0 Å². The van der Waals surface area contributed by atoms with Crippen molar-refractivity contribution in [2.24, 2.45) is 0 Å². The van der Waals surface area contributed by atoms with Gasteiger partial charge >= 0.3 is 0 Å². The van der Waals surface area contributed by atoms with E-state index in [9.17, 15) is 9.18 Å². The number of rotatable bonds is 6. The predicted molar refractivity (Wildman–Crippen MR) is 119 cm³/mol. The second-order valence-electron chi connectivity index (χ2n) is 6.52. The first-order chi connectivity index (χ1) is 14.6. The van der Waals surface area contributed by atoms with Crippen molar-refractivity contribution in [2.45, 2.75) is 6.42 Å². The van der Waals surface area contributed by atoms with E-state index in [1.54, 1.807) is 25.4 Å². The van der Waals surface area contributed by atoms with Gasteiger partial charge in [-0.05, 0) is 52.8 Å². The quantitative estimate of drug-likeness (QED) is 0.378. The van der Waals surface area contributed by atoms with Gasteiger partial charge < -0.3 is 14.5 Å². The Morgan fingerprint density at radius 1 is 1.23 bits per heavy atom. The van der Waals surface area contributed by atoms with Gasteiger partial charge in [0.15, 0.2) is 17.8 Å². The zero-order chi connectivity index (χ0) is 21.1. The number of fused-ring (bicyclic) bond motifs is 1. The molecule has 0 atom stereocenters. The van der Waals surface area contributed by atoms with Gasteiger partial charge in [0.05, 0.1) is 16.9 Å². The fourth-order valence-corrected chi connectivity index (χ4v) is 3.99. The molecule has 0 bridgehead atoms. The molecular weight excluding hydrogens is 500 g/mol. The summed E-state index contributed by atoms with van der Waals surface area (Å²) in [7, 11) is 1.60. The number of halogens is 2. The summed E-state index contributed by atoms with van der Waals surface area (Å²) in [5.41, 5.74) is 1.85. The van der Waals surface area contributed by atoms with Gasteiger partial charge in [0, 0.05) is 29.1 Å². The predicted octanol–water partition coefficient (Wildman–Crippen LogP) is 4.61. The number of nitrogens with one attached hydrogen (secondary N) is 1. The SMILES string of the molecule is COc1ccc(-c2ocnc2C(=O)NCCc2cccc3c(F)cncc23)cc1I.